The number of hydrogen-bond donors (Lipinski definition) is 1. The van der Waals surface area contributed by atoms with Crippen molar-refractivity contribution in [2.24, 2.45) is 0 Å². The second-order valence-electron chi connectivity index (χ2n) is 7.16. The van der Waals surface area contributed by atoms with Crippen LogP contribution in [0.5, 0.6) is 5.75 Å². The number of piperidine rings is 1. The van der Waals surface area contributed by atoms with E-state index in [0.717, 1.165) is 48.0 Å². The van der Waals surface area contributed by atoms with Crippen LogP contribution in [0.25, 0.3) is 0 Å². The fourth-order valence-electron chi connectivity index (χ4n) is 3.07. The van der Waals surface area contributed by atoms with E-state index in [1.54, 1.807) is 11.8 Å². The monoisotopic (exact) mass is 418 g/mol. The first-order chi connectivity index (χ1) is 13.6. The molecule has 1 amide bonds. The van der Waals surface area contributed by atoms with Gasteiger partial charge < -0.3 is 15.0 Å². The third-order valence-electron chi connectivity index (χ3n) is 4.80. The summed E-state index contributed by atoms with van der Waals surface area (Å²) in [5.41, 5.74) is 2.24. The number of benzene rings is 2. The summed E-state index contributed by atoms with van der Waals surface area (Å²) in [4.78, 5) is 14.4. The molecule has 1 heterocycles. The van der Waals surface area contributed by atoms with Gasteiger partial charge in [0.15, 0.2) is 0 Å². The van der Waals surface area contributed by atoms with E-state index in [-0.39, 0.29) is 5.91 Å². The van der Waals surface area contributed by atoms with Crippen LogP contribution in [-0.4, -0.2) is 42.8 Å². The van der Waals surface area contributed by atoms with Crippen LogP contribution in [0.15, 0.2) is 48.5 Å². The van der Waals surface area contributed by atoms with Crippen molar-refractivity contribution in [3.63, 3.8) is 0 Å². The molecule has 1 fully saturated rings. The van der Waals surface area contributed by atoms with Gasteiger partial charge in [-0.2, -0.15) is 0 Å². The number of nitrogens with one attached hydrogen (secondary N) is 1. The van der Waals surface area contributed by atoms with Crippen LogP contribution in [0.4, 0.5) is 0 Å². The van der Waals surface area contributed by atoms with Gasteiger partial charge in [0.25, 0.3) is 0 Å². The minimum Gasteiger partial charge on any atom is -0.490 e. The van der Waals surface area contributed by atoms with E-state index in [2.05, 4.69) is 17.3 Å². The number of nitrogens with zero attached hydrogens (tertiary/aromatic N) is 1. The van der Waals surface area contributed by atoms with Crippen LogP contribution in [0, 0.1) is 0 Å². The molecule has 0 aromatic heterocycles. The topological polar surface area (TPSA) is 41.6 Å². The highest BCUT2D eigenvalue weighted by Gasteiger charge is 2.17. The van der Waals surface area contributed by atoms with E-state index in [4.69, 9.17) is 16.3 Å². The zero-order valence-corrected chi connectivity index (χ0v) is 17.8. The summed E-state index contributed by atoms with van der Waals surface area (Å²) in [7, 11) is 2.15. The van der Waals surface area contributed by atoms with E-state index in [1.807, 2.05) is 48.5 Å². The van der Waals surface area contributed by atoms with Gasteiger partial charge in [-0.1, -0.05) is 35.9 Å². The summed E-state index contributed by atoms with van der Waals surface area (Å²) < 4.78 is 6.06. The Balaban J connectivity index is 1.34. The molecule has 1 aliphatic heterocycles. The molecule has 6 heteroatoms. The van der Waals surface area contributed by atoms with Gasteiger partial charge in [0.1, 0.15) is 11.9 Å². The van der Waals surface area contributed by atoms with Crippen LogP contribution in [0.3, 0.4) is 0 Å². The van der Waals surface area contributed by atoms with Crippen molar-refractivity contribution in [2.75, 3.05) is 25.9 Å². The smallest absolute Gasteiger partial charge is 0.230 e. The van der Waals surface area contributed by atoms with Crippen LogP contribution < -0.4 is 10.1 Å². The molecule has 2 aromatic rings. The molecule has 2 aromatic carbocycles. The molecule has 0 radical (unpaired) electrons. The summed E-state index contributed by atoms with van der Waals surface area (Å²) in [5.74, 6) is 2.20. The lowest BCUT2D eigenvalue weighted by molar-refractivity contribution is -0.118. The van der Waals surface area contributed by atoms with Gasteiger partial charge in [0.05, 0.1) is 5.75 Å². The molecule has 150 valence electrons. The molecule has 1 saturated heterocycles. The molecule has 28 heavy (non-hydrogen) atoms. The van der Waals surface area contributed by atoms with Crippen molar-refractivity contribution >= 4 is 29.3 Å². The molecule has 0 bridgehead atoms. The van der Waals surface area contributed by atoms with Gasteiger partial charge in [-0.3, -0.25) is 4.79 Å². The van der Waals surface area contributed by atoms with Gasteiger partial charge in [0.2, 0.25) is 5.91 Å². The molecular weight excluding hydrogens is 392 g/mol. The predicted octanol–water partition coefficient (Wildman–Crippen LogP) is 4.36. The highest BCUT2D eigenvalue weighted by atomic mass is 35.5. The van der Waals surface area contributed by atoms with E-state index in [1.165, 1.54) is 5.56 Å². The molecule has 0 saturated carbocycles. The first-order valence-corrected chi connectivity index (χ1v) is 11.1. The Morgan fingerprint density at radius 2 is 1.75 bits per heavy atom. The molecule has 0 spiro atoms. The Bertz CT molecular complexity index is 744. The van der Waals surface area contributed by atoms with Crippen LogP contribution in [0.1, 0.15) is 24.0 Å². The number of rotatable bonds is 8. The molecular formula is C22H27ClN2O2S. The number of thioether (sulfide) groups is 1. The molecule has 3 rings (SSSR count). The number of hydrogen-bond acceptors (Lipinski definition) is 4. The van der Waals surface area contributed by atoms with E-state index in [9.17, 15) is 4.79 Å². The number of halogens is 1. The number of ether oxygens (including phenoxy) is 1. The molecule has 0 unspecified atom stereocenters. The van der Waals surface area contributed by atoms with Gasteiger partial charge >= 0.3 is 0 Å². The third kappa shape index (κ3) is 7.04. The normalized spacial score (nSPS) is 15.4. The van der Waals surface area contributed by atoms with Crippen molar-refractivity contribution in [3.8, 4) is 5.75 Å². The lowest BCUT2D eigenvalue weighted by atomic mass is 10.1. The van der Waals surface area contributed by atoms with Crippen molar-refractivity contribution in [3.05, 3.63) is 64.7 Å². The van der Waals surface area contributed by atoms with Gasteiger partial charge in [-0.05, 0) is 55.3 Å². The molecule has 4 nitrogen and oxygen atoms in total. The van der Waals surface area contributed by atoms with Crippen LogP contribution in [-0.2, 0) is 17.1 Å². The summed E-state index contributed by atoms with van der Waals surface area (Å²) in [6.07, 6.45) is 2.45. The molecule has 0 atom stereocenters. The van der Waals surface area contributed by atoms with E-state index < -0.39 is 0 Å². The van der Waals surface area contributed by atoms with Crippen molar-refractivity contribution < 1.29 is 9.53 Å². The maximum absolute atomic E-state index is 12.0. The highest BCUT2D eigenvalue weighted by Crippen LogP contribution is 2.19. The Labute approximate surface area is 176 Å². The standard InChI is InChI=1S/C22H27ClN2O2S/c1-25-12-10-21(11-13-25)27-20-8-4-17(5-9-20)14-24-22(26)16-28-15-18-2-6-19(23)7-3-18/h2-9,21H,10-16H2,1H3,(H,24,26). The maximum atomic E-state index is 12.0. The largest absolute Gasteiger partial charge is 0.490 e. The third-order valence-corrected chi connectivity index (χ3v) is 6.05. The SMILES string of the molecule is CN1CCC(Oc2ccc(CNC(=O)CSCc3ccc(Cl)cc3)cc2)CC1. The Kier molecular flexibility index (Phi) is 8.07. The van der Waals surface area contributed by atoms with Crippen LogP contribution >= 0.6 is 23.4 Å². The number of carbonyl (C=O) groups excluding carboxylic acids is 1. The van der Waals surface area contributed by atoms with Crippen molar-refractivity contribution in [1.29, 1.82) is 0 Å². The van der Waals surface area contributed by atoms with E-state index >= 15 is 0 Å². The van der Waals surface area contributed by atoms with Gasteiger partial charge in [-0.25, -0.2) is 0 Å². The number of amides is 1. The first-order valence-electron chi connectivity index (χ1n) is 9.61. The van der Waals surface area contributed by atoms with E-state index in [0.29, 0.717) is 18.4 Å². The van der Waals surface area contributed by atoms with Crippen LogP contribution in [0.2, 0.25) is 5.02 Å². The van der Waals surface area contributed by atoms with Gasteiger partial charge in [-0.15, -0.1) is 11.8 Å². The fourth-order valence-corrected chi connectivity index (χ4v) is 4.02. The minimum absolute atomic E-state index is 0.0469. The molecule has 1 N–H and O–H groups in total. The maximum Gasteiger partial charge on any atom is 0.230 e. The van der Waals surface area contributed by atoms with Gasteiger partial charge in [0, 0.05) is 30.4 Å². The first kappa shape index (κ1) is 21.0. The zero-order chi connectivity index (χ0) is 19.8. The number of likely N-dealkylation sites (tertiary alicyclic amines) is 1. The fraction of sp³-hybridized carbons (Fsp3) is 0.409. The second kappa shape index (κ2) is 10.7. The summed E-state index contributed by atoms with van der Waals surface area (Å²) in [6, 6.07) is 15.8. The summed E-state index contributed by atoms with van der Waals surface area (Å²) in [5, 5.41) is 3.70. The second-order valence-corrected chi connectivity index (χ2v) is 8.58. The Hall–Kier alpha value is -1.69. The quantitative estimate of drug-likeness (QED) is 0.691. The lowest BCUT2D eigenvalue weighted by Crippen LogP contribution is -2.35. The number of carbonyl (C=O) groups is 1. The minimum atomic E-state index is 0.0469. The average Bonchev–Trinajstić information content (AvgIpc) is 2.71. The average molecular weight is 419 g/mol. The highest BCUT2D eigenvalue weighted by molar-refractivity contribution is 7.99. The predicted molar refractivity (Wildman–Crippen MR) is 117 cm³/mol. The Morgan fingerprint density at radius 3 is 2.43 bits per heavy atom. The van der Waals surface area contributed by atoms with Crippen molar-refractivity contribution in [2.45, 2.75) is 31.2 Å². The lowest BCUT2D eigenvalue weighted by Gasteiger charge is -2.29. The molecule has 1 aliphatic rings. The summed E-state index contributed by atoms with van der Waals surface area (Å²) >= 11 is 7.48. The Morgan fingerprint density at radius 1 is 1.11 bits per heavy atom. The zero-order valence-electron chi connectivity index (χ0n) is 16.2. The molecule has 0 aliphatic carbocycles. The summed E-state index contributed by atoms with van der Waals surface area (Å²) in [6.45, 7) is 2.71. The van der Waals surface area contributed by atoms with Crippen molar-refractivity contribution in [1.82, 2.24) is 10.2 Å².